The van der Waals surface area contributed by atoms with Crippen LogP contribution in [-0.4, -0.2) is 47.4 Å². The van der Waals surface area contributed by atoms with Crippen LogP contribution in [0.1, 0.15) is 17.5 Å². The third-order valence-corrected chi connectivity index (χ3v) is 3.81. The number of nitrogens with zero attached hydrogens (tertiary/aromatic N) is 2. The van der Waals surface area contributed by atoms with Gasteiger partial charge in [0.05, 0.1) is 6.04 Å². The molecule has 2 rings (SSSR count). The van der Waals surface area contributed by atoms with Crippen LogP contribution in [0.3, 0.4) is 0 Å². The predicted molar refractivity (Wildman–Crippen MR) is 79.8 cm³/mol. The molecule has 4 nitrogen and oxygen atoms in total. The van der Waals surface area contributed by atoms with E-state index in [9.17, 15) is 4.79 Å². The summed E-state index contributed by atoms with van der Waals surface area (Å²) in [5, 5.41) is 0. The van der Waals surface area contributed by atoms with Crippen LogP contribution in [0.2, 0.25) is 0 Å². The molecule has 0 aromatic heterocycles. The summed E-state index contributed by atoms with van der Waals surface area (Å²) in [7, 11) is 3.83. The van der Waals surface area contributed by atoms with Gasteiger partial charge in [-0.05, 0) is 25.1 Å². The summed E-state index contributed by atoms with van der Waals surface area (Å²) in [5.41, 5.74) is 7.62. The fourth-order valence-corrected chi connectivity index (χ4v) is 2.56. The molecular weight excluding hydrogens is 258 g/mol. The van der Waals surface area contributed by atoms with Crippen molar-refractivity contribution in [3.8, 4) is 0 Å². The van der Waals surface area contributed by atoms with Gasteiger partial charge in [0.25, 0.3) is 0 Å². The van der Waals surface area contributed by atoms with Gasteiger partial charge >= 0.3 is 0 Å². The molecular formula is C14H19N3OS. The average Bonchev–Trinajstić information content (AvgIpc) is 2.70. The number of likely N-dealkylation sites (N-methyl/N-ethyl adjacent to an activating group) is 2. The zero-order valence-corrected chi connectivity index (χ0v) is 12.1. The summed E-state index contributed by atoms with van der Waals surface area (Å²) in [6, 6.07) is 7.85. The zero-order valence-electron chi connectivity index (χ0n) is 11.3. The van der Waals surface area contributed by atoms with Gasteiger partial charge in [0, 0.05) is 25.7 Å². The van der Waals surface area contributed by atoms with E-state index in [1.54, 1.807) is 4.90 Å². The number of carbonyl (C=O) groups excluding carboxylic acids is 1. The molecule has 0 saturated carbocycles. The summed E-state index contributed by atoms with van der Waals surface area (Å²) in [5.74, 6) is 0.202. The molecule has 102 valence electrons. The van der Waals surface area contributed by atoms with E-state index in [2.05, 4.69) is 4.90 Å². The molecule has 1 aromatic carbocycles. The van der Waals surface area contributed by atoms with Crippen molar-refractivity contribution in [1.82, 2.24) is 9.80 Å². The van der Waals surface area contributed by atoms with E-state index in [1.807, 2.05) is 38.4 Å². The standard InChI is InChI=1S/C14H19N3OS/c1-16-7-6-12(14(16)18)17(2)9-10-4-3-5-11(8-10)13(15)19/h3-5,8,12H,6-7,9H2,1-2H3,(H2,15,19). The van der Waals surface area contributed by atoms with Crippen molar-refractivity contribution < 1.29 is 4.79 Å². The molecule has 1 fully saturated rings. The second-order valence-corrected chi connectivity index (χ2v) is 5.48. The Hall–Kier alpha value is -1.46. The van der Waals surface area contributed by atoms with Gasteiger partial charge in [-0.2, -0.15) is 0 Å². The molecule has 0 aliphatic carbocycles. The molecule has 1 atom stereocenters. The van der Waals surface area contributed by atoms with E-state index in [0.29, 0.717) is 4.99 Å². The Morgan fingerprint density at radius 2 is 2.32 bits per heavy atom. The van der Waals surface area contributed by atoms with Crippen molar-refractivity contribution in [2.75, 3.05) is 20.6 Å². The van der Waals surface area contributed by atoms with Gasteiger partial charge in [-0.3, -0.25) is 9.69 Å². The molecule has 1 aliphatic heterocycles. The highest BCUT2D eigenvalue weighted by Gasteiger charge is 2.31. The summed E-state index contributed by atoms with van der Waals surface area (Å²) in [4.78, 5) is 16.2. The van der Waals surface area contributed by atoms with Gasteiger partial charge in [-0.15, -0.1) is 0 Å². The first-order chi connectivity index (χ1) is 8.99. The number of benzene rings is 1. The van der Waals surface area contributed by atoms with Crippen molar-refractivity contribution in [1.29, 1.82) is 0 Å². The summed E-state index contributed by atoms with van der Waals surface area (Å²) < 4.78 is 0. The van der Waals surface area contributed by atoms with Crippen LogP contribution in [0, 0.1) is 0 Å². The number of thiocarbonyl (C=S) groups is 1. The molecule has 19 heavy (non-hydrogen) atoms. The van der Waals surface area contributed by atoms with E-state index < -0.39 is 0 Å². The minimum atomic E-state index is -0.0153. The number of amides is 1. The lowest BCUT2D eigenvalue weighted by Crippen LogP contribution is -2.38. The van der Waals surface area contributed by atoms with Gasteiger partial charge in [-0.25, -0.2) is 0 Å². The van der Waals surface area contributed by atoms with Gasteiger partial charge in [0.1, 0.15) is 4.99 Å². The Labute approximate surface area is 119 Å². The molecule has 1 unspecified atom stereocenters. The Kier molecular flexibility index (Phi) is 4.17. The monoisotopic (exact) mass is 277 g/mol. The average molecular weight is 277 g/mol. The first-order valence-corrected chi connectivity index (χ1v) is 6.74. The molecule has 5 heteroatoms. The summed E-state index contributed by atoms with van der Waals surface area (Å²) >= 11 is 4.98. The lowest BCUT2D eigenvalue weighted by atomic mass is 10.1. The van der Waals surface area contributed by atoms with Crippen LogP contribution >= 0.6 is 12.2 Å². The maximum Gasteiger partial charge on any atom is 0.239 e. The maximum atomic E-state index is 12.0. The van der Waals surface area contributed by atoms with Crippen molar-refractivity contribution in [3.63, 3.8) is 0 Å². The third-order valence-electron chi connectivity index (χ3n) is 3.57. The van der Waals surface area contributed by atoms with Crippen molar-refractivity contribution in [2.24, 2.45) is 5.73 Å². The maximum absolute atomic E-state index is 12.0. The molecule has 0 radical (unpaired) electrons. The second kappa shape index (κ2) is 5.67. The number of nitrogens with two attached hydrogens (primary N) is 1. The fraction of sp³-hybridized carbons (Fsp3) is 0.429. The van der Waals surface area contributed by atoms with E-state index in [1.165, 1.54) is 0 Å². The number of hydrogen-bond acceptors (Lipinski definition) is 3. The Bertz CT molecular complexity index is 503. The molecule has 1 heterocycles. The Balaban J connectivity index is 2.07. The topological polar surface area (TPSA) is 49.6 Å². The smallest absolute Gasteiger partial charge is 0.239 e. The van der Waals surface area contributed by atoms with Crippen LogP contribution in [0.15, 0.2) is 24.3 Å². The minimum absolute atomic E-state index is 0.0153. The number of hydrogen-bond donors (Lipinski definition) is 1. The van der Waals surface area contributed by atoms with Crippen molar-refractivity contribution in [3.05, 3.63) is 35.4 Å². The van der Waals surface area contributed by atoms with Gasteiger partial charge in [-0.1, -0.05) is 30.4 Å². The molecule has 1 saturated heterocycles. The molecule has 0 bridgehead atoms. The highest BCUT2D eigenvalue weighted by molar-refractivity contribution is 7.80. The minimum Gasteiger partial charge on any atom is -0.389 e. The van der Waals surface area contributed by atoms with E-state index in [-0.39, 0.29) is 11.9 Å². The van der Waals surface area contributed by atoms with E-state index in [0.717, 1.165) is 30.6 Å². The quantitative estimate of drug-likeness (QED) is 0.834. The van der Waals surface area contributed by atoms with E-state index >= 15 is 0 Å². The van der Waals surface area contributed by atoms with Crippen molar-refractivity contribution in [2.45, 2.75) is 19.0 Å². The Morgan fingerprint density at radius 3 is 2.89 bits per heavy atom. The molecule has 1 aliphatic rings. The third kappa shape index (κ3) is 3.11. The summed E-state index contributed by atoms with van der Waals surface area (Å²) in [6.07, 6.45) is 0.890. The molecule has 1 amide bonds. The van der Waals surface area contributed by atoms with Crippen LogP contribution in [-0.2, 0) is 11.3 Å². The van der Waals surface area contributed by atoms with Gasteiger partial charge in [0.2, 0.25) is 5.91 Å². The van der Waals surface area contributed by atoms with Gasteiger partial charge in [0.15, 0.2) is 0 Å². The SMILES string of the molecule is CN1CCC(N(C)Cc2cccc(C(N)=S)c2)C1=O. The lowest BCUT2D eigenvalue weighted by molar-refractivity contribution is -0.130. The normalized spacial score (nSPS) is 19.2. The summed E-state index contributed by atoms with van der Waals surface area (Å²) in [6.45, 7) is 1.56. The Morgan fingerprint density at radius 1 is 1.58 bits per heavy atom. The molecule has 2 N–H and O–H groups in total. The number of carbonyl (C=O) groups is 1. The highest BCUT2D eigenvalue weighted by atomic mass is 32.1. The van der Waals surface area contributed by atoms with E-state index in [4.69, 9.17) is 18.0 Å². The fourth-order valence-electron chi connectivity index (χ4n) is 2.43. The largest absolute Gasteiger partial charge is 0.389 e. The van der Waals surface area contributed by atoms with Crippen LogP contribution in [0.5, 0.6) is 0 Å². The van der Waals surface area contributed by atoms with Crippen LogP contribution < -0.4 is 5.73 Å². The first kappa shape index (κ1) is 14.0. The zero-order chi connectivity index (χ0) is 14.0. The van der Waals surface area contributed by atoms with Crippen molar-refractivity contribution >= 4 is 23.1 Å². The first-order valence-electron chi connectivity index (χ1n) is 6.33. The lowest BCUT2D eigenvalue weighted by Gasteiger charge is -2.23. The molecule has 1 aromatic rings. The number of likely N-dealkylation sites (tertiary alicyclic amines) is 1. The molecule has 0 spiro atoms. The van der Waals surface area contributed by atoms with Gasteiger partial charge < -0.3 is 10.6 Å². The number of rotatable bonds is 4. The van der Waals surface area contributed by atoms with Crippen LogP contribution in [0.25, 0.3) is 0 Å². The van der Waals surface area contributed by atoms with Crippen LogP contribution in [0.4, 0.5) is 0 Å². The second-order valence-electron chi connectivity index (χ2n) is 5.04. The highest BCUT2D eigenvalue weighted by Crippen LogP contribution is 2.17. The predicted octanol–water partition coefficient (Wildman–Crippen LogP) is 0.983.